The number of ketones is 1. The number of ether oxygens (including phenoxy) is 2. The van der Waals surface area contributed by atoms with Crippen LogP contribution >= 0.6 is 0 Å². The molecular formula is C27H45NO4. The summed E-state index contributed by atoms with van der Waals surface area (Å²) in [6.45, 7) is 9.66. The van der Waals surface area contributed by atoms with Gasteiger partial charge in [0.05, 0.1) is 32.0 Å². The lowest BCUT2D eigenvalue weighted by Gasteiger charge is -2.57. The van der Waals surface area contributed by atoms with E-state index < -0.39 is 5.60 Å². The quantitative estimate of drug-likeness (QED) is 0.669. The minimum Gasteiger partial charge on any atom is -0.387 e. The highest BCUT2D eigenvalue weighted by atomic mass is 16.5. The fraction of sp³-hybridized carbons (Fsp3) is 0.963. The third-order valence-electron chi connectivity index (χ3n) is 10.6. The molecule has 0 aromatic heterocycles. The second-order valence-electron chi connectivity index (χ2n) is 12.1. The Bertz CT molecular complexity index is 679. The zero-order chi connectivity index (χ0) is 22.3. The summed E-state index contributed by atoms with van der Waals surface area (Å²) in [7, 11) is 0. The van der Waals surface area contributed by atoms with Crippen LogP contribution in [-0.2, 0) is 14.3 Å². The molecule has 1 N–H and O–H groups in total. The number of Topliss-reactive ketones (excluding diaryl/α,β-unsaturated/α-hetero) is 1. The Morgan fingerprint density at radius 1 is 1.03 bits per heavy atom. The van der Waals surface area contributed by atoms with E-state index in [1.165, 1.54) is 32.1 Å². The smallest absolute Gasteiger partial charge is 0.150 e. The van der Waals surface area contributed by atoms with Crippen LogP contribution in [0.1, 0.15) is 71.6 Å². The van der Waals surface area contributed by atoms with Gasteiger partial charge in [-0.15, -0.1) is 0 Å². The summed E-state index contributed by atoms with van der Waals surface area (Å²) in [4.78, 5) is 15.7. The predicted octanol–water partition coefficient (Wildman–Crippen LogP) is 3.92. The molecule has 182 valence electrons. The van der Waals surface area contributed by atoms with Crippen LogP contribution in [0.5, 0.6) is 0 Å². The maximum atomic E-state index is 13.4. The van der Waals surface area contributed by atoms with Crippen molar-refractivity contribution >= 4 is 5.78 Å². The summed E-state index contributed by atoms with van der Waals surface area (Å²) < 4.78 is 11.1. The molecule has 0 aromatic carbocycles. The van der Waals surface area contributed by atoms with E-state index in [1.807, 2.05) is 6.92 Å². The molecule has 5 rings (SSSR count). The van der Waals surface area contributed by atoms with Gasteiger partial charge in [0.25, 0.3) is 0 Å². The van der Waals surface area contributed by atoms with Crippen molar-refractivity contribution in [1.82, 2.24) is 4.90 Å². The lowest BCUT2D eigenvalue weighted by molar-refractivity contribution is -0.138. The van der Waals surface area contributed by atoms with Crippen LogP contribution in [0.4, 0.5) is 0 Å². The minimum absolute atomic E-state index is 0.210. The van der Waals surface area contributed by atoms with Crippen LogP contribution in [0.3, 0.4) is 0 Å². The van der Waals surface area contributed by atoms with Gasteiger partial charge in [-0.25, -0.2) is 0 Å². The summed E-state index contributed by atoms with van der Waals surface area (Å²) >= 11 is 0. The van der Waals surface area contributed by atoms with Crippen LogP contribution in [0, 0.1) is 40.9 Å². The van der Waals surface area contributed by atoms with E-state index in [2.05, 4.69) is 11.8 Å². The van der Waals surface area contributed by atoms with E-state index in [0.29, 0.717) is 31.5 Å². The second-order valence-corrected chi connectivity index (χ2v) is 12.1. The molecule has 4 saturated carbocycles. The van der Waals surface area contributed by atoms with Crippen molar-refractivity contribution in [2.75, 3.05) is 46.1 Å². The van der Waals surface area contributed by atoms with Crippen LogP contribution in [0.15, 0.2) is 0 Å². The zero-order valence-corrected chi connectivity index (χ0v) is 20.4. The number of hydrogen-bond acceptors (Lipinski definition) is 5. The summed E-state index contributed by atoms with van der Waals surface area (Å²) in [5, 5.41) is 11.1. The molecule has 0 bridgehead atoms. The largest absolute Gasteiger partial charge is 0.387 e. The first kappa shape index (κ1) is 23.3. The highest BCUT2D eigenvalue weighted by molar-refractivity contribution is 5.84. The number of nitrogens with zero attached hydrogens (tertiary/aromatic N) is 1. The zero-order valence-electron chi connectivity index (χ0n) is 20.4. The van der Waals surface area contributed by atoms with Crippen molar-refractivity contribution in [2.45, 2.75) is 77.2 Å². The van der Waals surface area contributed by atoms with Gasteiger partial charge in [0.1, 0.15) is 5.78 Å². The van der Waals surface area contributed by atoms with E-state index in [4.69, 9.17) is 9.47 Å². The first-order valence-electron chi connectivity index (χ1n) is 13.6. The monoisotopic (exact) mass is 447 g/mol. The summed E-state index contributed by atoms with van der Waals surface area (Å²) in [6, 6.07) is 0. The van der Waals surface area contributed by atoms with Crippen LogP contribution in [0.2, 0.25) is 0 Å². The molecule has 5 heteroatoms. The molecule has 8 atom stereocenters. The van der Waals surface area contributed by atoms with Gasteiger partial charge >= 0.3 is 0 Å². The van der Waals surface area contributed by atoms with Crippen molar-refractivity contribution in [1.29, 1.82) is 0 Å². The molecule has 5 fully saturated rings. The molecule has 0 amide bonds. The molecule has 5 aliphatic rings. The summed E-state index contributed by atoms with van der Waals surface area (Å²) in [5.74, 6) is 4.55. The molecule has 8 unspecified atom stereocenters. The van der Waals surface area contributed by atoms with Gasteiger partial charge in [-0.2, -0.15) is 0 Å². The van der Waals surface area contributed by atoms with Gasteiger partial charge in [0.15, 0.2) is 0 Å². The maximum absolute atomic E-state index is 13.4. The normalized spacial score (nSPS) is 46.8. The van der Waals surface area contributed by atoms with Crippen molar-refractivity contribution in [3.05, 3.63) is 0 Å². The molecular weight excluding hydrogens is 402 g/mol. The number of fused-ring (bicyclic) bond motifs is 5. The maximum Gasteiger partial charge on any atom is 0.150 e. The van der Waals surface area contributed by atoms with Crippen molar-refractivity contribution in [3.63, 3.8) is 0 Å². The molecule has 4 aliphatic carbocycles. The molecule has 1 aliphatic heterocycles. The van der Waals surface area contributed by atoms with Gasteiger partial charge in [0.2, 0.25) is 0 Å². The molecule has 0 spiro atoms. The Balaban J connectivity index is 1.24. The van der Waals surface area contributed by atoms with Crippen LogP contribution < -0.4 is 0 Å². The van der Waals surface area contributed by atoms with Crippen LogP contribution in [0.25, 0.3) is 0 Å². The first-order valence-corrected chi connectivity index (χ1v) is 13.6. The number of hydrogen-bond donors (Lipinski definition) is 1. The van der Waals surface area contributed by atoms with Gasteiger partial charge in [-0.1, -0.05) is 6.92 Å². The van der Waals surface area contributed by atoms with Crippen molar-refractivity contribution in [3.8, 4) is 0 Å². The number of carbonyl (C=O) groups excluding carboxylic acids is 1. The number of aliphatic hydroxyl groups is 1. The average Bonchev–Trinajstić information content (AvgIpc) is 3.15. The Morgan fingerprint density at radius 3 is 2.59 bits per heavy atom. The summed E-state index contributed by atoms with van der Waals surface area (Å²) in [6.07, 6.45) is 10.5. The second kappa shape index (κ2) is 9.28. The molecule has 5 nitrogen and oxygen atoms in total. The Kier molecular flexibility index (Phi) is 6.75. The Morgan fingerprint density at radius 2 is 1.81 bits per heavy atom. The predicted molar refractivity (Wildman–Crippen MR) is 124 cm³/mol. The van der Waals surface area contributed by atoms with Crippen molar-refractivity contribution < 1.29 is 19.4 Å². The van der Waals surface area contributed by atoms with Gasteiger partial charge in [-0.05, 0) is 99.7 Å². The van der Waals surface area contributed by atoms with Crippen molar-refractivity contribution in [2.24, 2.45) is 40.9 Å². The van der Waals surface area contributed by atoms with Gasteiger partial charge < -0.3 is 14.6 Å². The molecule has 32 heavy (non-hydrogen) atoms. The van der Waals surface area contributed by atoms with E-state index >= 15 is 0 Å². The lowest BCUT2D eigenvalue weighted by atomic mass is 9.49. The molecule has 0 radical (unpaired) electrons. The average molecular weight is 448 g/mol. The van der Waals surface area contributed by atoms with Gasteiger partial charge in [0, 0.05) is 25.6 Å². The number of carbonyl (C=O) groups is 1. The first-order chi connectivity index (χ1) is 15.4. The third kappa shape index (κ3) is 4.21. The standard InChI is InChI=1S/C27H45NO4/c1-3-31-18-27(30)11-9-20-19(16-27)4-5-22-21(20)8-10-26(2)23(22)6-7-24(26)25(29)17-28-12-14-32-15-13-28/h19-24,30H,3-18H2,1-2H3. The fourth-order valence-electron chi connectivity index (χ4n) is 9.00. The number of morpholine rings is 1. The van der Waals surface area contributed by atoms with E-state index in [9.17, 15) is 9.90 Å². The molecule has 1 saturated heterocycles. The fourth-order valence-corrected chi connectivity index (χ4v) is 9.00. The van der Waals surface area contributed by atoms with E-state index in [0.717, 1.165) is 75.7 Å². The Labute approximate surface area is 194 Å². The lowest BCUT2D eigenvalue weighted by Crippen LogP contribution is -2.52. The summed E-state index contributed by atoms with van der Waals surface area (Å²) in [5.41, 5.74) is -0.390. The highest BCUT2D eigenvalue weighted by Crippen LogP contribution is 2.64. The third-order valence-corrected chi connectivity index (χ3v) is 10.6. The molecule has 1 heterocycles. The van der Waals surface area contributed by atoms with E-state index in [-0.39, 0.29) is 11.3 Å². The number of rotatable bonds is 6. The topological polar surface area (TPSA) is 59.0 Å². The minimum atomic E-state index is -0.600. The SMILES string of the molecule is CCOCC1(O)CCC2C(CCC3C2CCC2(C)C(C(=O)CN4CCOCC4)CCC32)C1. The molecule has 0 aromatic rings. The van der Waals surface area contributed by atoms with Crippen LogP contribution in [-0.4, -0.2) is 67.5 Å². The van der Waals surface area contributed by atoms with Gasteiger partial charge in [-0.3, -0.25) is 9.69 Å². The highest BCUT2D eigenvalue weighted by Gasteiger charge is 2.59. The Hall–Kier alpha value is -0.490. The van der Waals surface area contributed by atoms with E-state index in [1.54, 1.807) is 0 Å².